The van der Waals surface area contributed by atoms with Gasteiger partial charge in [0.25, 0.3) is 5.78 Å². The van der Waals surface area contributed by atoms with Gasteiger partial charge in [-0.15, -0.1) is 5.10 Å². The maximum absolute atomic E-state index is 13.3. The van der Waals surface area contributed by atoms with Gasteiger partial charge in [-0.05, 0) is 55.7 Å². The Hall–Kier alpha value is -3.62. The maximum atomic E-state index is 13.3. The Labute approximate surface area is 210 Å². The van der Waals surface area contributed by atoms with Crippen molar-refractivity contribution in [3.05, 3.63) is 58.9 Å². The van der Waals surface area contributed by atoms with Gasteiger partial charge in [-0.1, -0.05) is 18.9 Å². The number of nitrogens with zero attached hydrogens (tertiary/aromatic N) is 4. The van der Waals surface area contributed by atoms with Crippen LogP contribution in [0.25, 0.3) is 5.78 Å². The highest BCUT2D eigenvalue weighted by Gasteiger charge is 2.48. The topological polar surface area (TPSA) is 108 Å². The number of fused-ring (bicyclic) bond motifs is 1. The number of methoxy groups -OCH3 is 2. The number of aromatic nitrogens is 4. The lowest BCUT2D eigenvalue weighted by atomic mass is 9.76. The second kappa shape index (κ2) is 9.79. The van der Waals surface area contributed by atoms with Crippen molar-refractivity contribution in [1.29, 1.82) is 0 Å². The van der Waals surface area contributed by atoms with Gasteiger partial charge < -0.3 is 19.3 Å². The third kappa shape index (κ3) is 4.62. The number of aryl methyl sites for hydroxylation is 2. The zero-order valence-electron chi connectivity index (χ0n) is 21.0. The van der Waals surface area contributed by atoms with Gasteiger partial charge in [0.1, 0.15) is 22.9 Å². The molecule has 1 aliphatic heterocycles. The summed E-state index contributed by atoms with van der Waals surface area (Å²) in [6.45, 7) is 1.92. The lowest BCUT2D eigenvalue weighted by molar-refractivity contribution is -0.167. The normalized spacial score (nSPS) is 20.7. The van der Waals surface area contributed by atoms with E-state index in [0.717, 1.165) is 48.3 Å². The molecule has 1 unspecified atom stereocenters. The summed E-state index contributed by atoms with van der Waals surface area (Å²) in [7, 11) is 3.26. The molecule has 1 saturated carbocycles. The second-order valence-corrected chi connectivity index (χ2v) is 9.80. The third-order valence-electron chi connectivity index (χ3n) is 7.47. The predicted octanol–water partition coefficient (Wildman–Crippen LogP) is 4.31. The molecule has 0 saturated heterocycles. The Morgan fingerprint density at radius 2 is 2.03 bits per heavy atom. The fraction of sp³-hybridized carbons (Fsp3) is 0.481. The first-order chi connectivity index (χ1) is 17.4. The first-order valence-corrected chi connectivity index (χ1v) is 12.4. The van der Waals surface area contributed by atoms with Crippen LogP contribution in [-0.4, -0.2) is 50.5 Å². The number of rotatable bonds is 8. The fourth-order valence-electron chi connectivity index (χ4n) is 5.54. The molecule has 9 heteroatoms. The van der Waals surface area contributed by atoms with Gasteiger partial charge in [-0.2, -0.15) is 4.98 Å². The fourth-order valence-corrected chi connectivity index (χ4v) is 5.54. The van der Waals surface area contributed by atoms with Gasteiger partial charge in [0.2, 0.25) is 0 Å². The molecule has 1 aliphatic carbocycles. The molecular formula is C27H32N4O5. The number of aliphatic hydroxyl groups excluding tert-OH is 1. The van der Waals surface area contributed by atoms with E-state index in [1.54, 1.807) is 24.9 Å². The molecule has 0 spiro atoms. The smallest absolute Gasteiger partial charge is 0.338 e. The summed E-state index contributed by atoms with van der Waals surface area (Å²) in [6.07, 6.45) is 9.34. The molecular weight excluding hydrogens is 460 g/mol. The Balaban J connectivity index is 1.40. The summed E-state index contributed by atoms with van der Waals surface area (Å²) >= 11 is 0. The summed E-state index contributed by atoms with van der Waals surface area (Å²) in [4.78, 5) is 22.0. The van der Waals surface area contributed by atoms with E-state index < -0.39 is 11.6 Å². The van der Waals surface area contributed by atoms with Crippen molar-refractivity contribution in [1.82, 2.24) is 19.6 Å². The van der Waals surface area contributed by atoms with Crippen LogP contribution < -0.4 is 9.47 Å². The molecule has 2 aromatic heterocycles. The van der Waals surface area contributed by atoms with Gasteiger partial charge in [0.15, 0.2) is 5.82 Å². The minimum Gasteiger partial charge on any atom is -0.512 e. The van der Waals surface area contributed by atoms with Gasteiger partial charge in [0, 0.05) is 31.3 Å². The molecule has 1 atom stereocenters. The summed E-state index contributed by atoms with van der Waals surface area (Å²) in [5.41, 5.74) is 1.43. The molecule has 3 heterocycles. The highest BCUT2D eigenvalue weighted by atomic mass is 16.6. The highest BCUT2D eigenvalue weighted by Crippen LogP contribution is 2.46. The first-order valence-electron chi connectivity index (χ1n) is 12.4. The minimum atomic E-state index is -0.753. The summed E-state index contributed by atoms with van der Waals surface area (Å²) in [6, 6.07) is 5.75. The third-order valence-corrected chi connectivity index (χ3v) is 7.47. The maximum Gasteiger partial charge on any atom is 0.338 e. The molecule has 0 amide bonds. The number of hydrogen-bond donors (Lipinski definition) is 1. The zero-order valence-corrected chi connectivity index (χ0v) is 21.0. The molecule has 3 aromatic rings. The monoisotopic (exact) mass is 492 g/mol. The van der Waals surface area contributed by atoms with E-state index in [0.29, 0.717) is 30.9 Å². The Kier molecular flexibility index (Phi) is 6.55. The number of esters is 1. The number of carbonyl (C=O) groups excluding carboxylic acids is 1. The van der Waals surface area contributed by atoms with Gasteiger partial charge in [0.05, 0.1) is 19.8 Å². The van der Waals surface area contributed by atoms with Crippen molar-refractivity contribution in [2.24, 2.45) is 5.92 Å². The average Bonchev–Trinajstić information content (AvgIpc) is 3.55. The number of ether oxygens (including phenoxy) is 3. The van der Waals surface area contributed by atoms with Crippen molar-refractivity contribution < 1.29 is 24.1 Å². The van der Waals surface area contributed by atoms with E-state index in [1.807, 2.05) is 31.3 Å². The molecule has 1 aromatic carbocycles. The van der Waals surface area contributed by atoms with Crippen LogP contribution >= 0.6 is 0 Å². The number of benzene rings is 1. The van der Waals surface area contributed by atoms with Crippen LogP contribution in [0.2, 0.25) is 0 Å². The molecule has 0 bridgehead atoms. The van der Waals surface area contributed by atoms with E-state index in [4.69, 9.17) is 14.2 Å². The van der Waals surface area contributed by atoms with Crippen molar-refractivity contribution in [3.63, 3.8) is 0 Å². The lowest BCUT2D eigenvalue weighted by Crippen LogP contribution is -2.46. The number of carbonyl (C=O) groups is 1. The molecule has 5 rings (SSSR count). The van der Waals surface area contributed by atoms with Crippen LogP contribution in [0.5, 0.6) is 11.5 Å². The molecule has 1 fully saturated rings. The zero-order chi connectivity index (χ0) is 25.3. The number of aliphatic hydroxyl groups is 1. The molecule has 36 heavy (non-hydrogen) atoms. The Bertz CT molecular complexity index is 1310. The van der Waals surface area contributed by atoms with Gasteiger partial charge in [-0.25, -0.2) is 14.3 Å². The largest absolute Gasteiger partial charge is 0.512 e. The SMILES string of the molecule is COc1ccc(CCC2(C3CCCC3)CC(O)=C(Cc3nc4ncc(C)cn4n3)C(=O)O2)c(OC)c1. The average molecular weight is 493 g/mol. The van der Waals surface area contributed by atoms with E-state index in [1.165, 1.54) is 0 Å². The highest BCUT2D eigenvalue weighted by molar-refractivity contribution is 5.90. The molecule has 2 aliphatic rings. The quantitative estimate of drug-likeness (QED) is 0.464. The Morgan fingerprint density at radius 1 is 1.22 bits per heavy atom. The van der Waals surface area contributed by atoms with E-state index in [2.05, 4.69) is 15.1 Å². The minimum absolute atomic E-state index is 0.0721. The Morgan fingerprint density at radius 3 is 2.75 bits per heavy atom. The van der Waals surface area contributed by atoms with Crippen molar-refractivity contribution in [3.8, 4) is 11.5 Å². The number of cyclic esters (lactones) is 1. The lowest BCUT2D eigenvalue weighted by Gasteiger charge is -2.42. The summed E-state index contributed by atoms with van der Waals surface area (Å²) < 4.78 is 18.7. The second-order valence-electron chi connectivity index (χ2n) is 9.80. The van der Waals surface area contributed by atoms with E-state index in [9.17, 15) is 9.90 Å². The van der Waals surface area contributed by atoms with Crippen molar-refractivity contribution in [2.45, 2.75) is 63.9 Å². The van der Waals surface area contributed by atoms with Crippen LogP contribution in [-0.2, 0) is 22.4 Å². The van der Waals surface area contributed by atoms with Crippen LogP contribution in [0.15, 0.2) is 41.9 Å². The van der Waals surface area contributed by atoms with Crippen LogP contribution in [0.4, 0.5) is 0 Å². The standard InChI is InChI=1S/C27H32N4O5/c1-17-15-28-26-29-24(30-31(26)16-17)13-21-22(32)14-27(36-25(21)33,19-6-4-5-7-19)11-10-18-8-9-20(34-2)12-23(18)35-3/h8-9,12,15-16,19,32H,4-7,10-11,13-14H2,1-3H3. The van der Waals surface area contributed by atoms with Crippen LogP contribution in [0.1, 0.15) is 55.5 Å². The summed E-state index contributed by atoms with van der Waals surface area (Å²) in [5.74, 6) is 2.12. The first kappa shape index (κ1) is 24.1. The van der Waals surface area contributed by atoms with E-state index in [-0.39, 0.29) is 23.7 Å². The van der Waals surface area contributed by atoms with Crippen LogP contribution in [0, 0.1) is 12.8 Å². The van der Waals surface area contributed by atoms with Gasteiger partial charge >= 0.3 is 5.97 Å². The van der Waals surface area contributed by atoms with Crippen LogP contribution in [0.3, 0.4) is 0 Å². The summed E-state index contributed by atoms with van der Waals surface area (Å²) in [5, 5.41) is 15.6. The van der Waals surface area contributed by atoms with Crippen molar-refractivity contribution >= 4 is 11.7 Å². The predicted molar refractivity (Wildman–Crippen MR) is 132 cm³/mol. The van der Waals surface area contributed by atoms with Gasteiger partial charge in [-0.3, -0.25) is 0 Å². The molecule has 1 N–H and O–H groups in total. The molecule has 9 nitrogen and oxygen atoms in total. The number of hydrogen-bond acceptors (Lipinski definition) is 8. The molecule has 190 valence electrons. The van der Waals surface area contributed by atoms with E-state index >= 15 is 0 Å². The van der Waals surface area contributed by atoms with Crippen molar-refractivity contribution in [2.75, 3.05) is 14.2 Å². The molecule has 0 radical (unpaired) electrons.